The Labute approximate surface area is 201 Å². The van der Waals surface area contributed by atoms with Crippen molar-refractivity contribution in [3.8, 4) is 11.5 Å². The van der Waals surface area contributed by atoms with Gasteiger partial charge in [-0.15, -0.1) is 21.5 Å². The van der Waals surface area contributed by atoms with E-state index in [0.717, 1.165) is 36.8 Å². The largest absolute Gasteiger partial charge is 0.457 e. The number of anilines is 2. The summed E-state index contributed by atoms with van der Waals surface area (Å²) in [5.41, 5.74) is 1.81. The van der Waals surface area contributed by atoms with Crippen LogP contribution >= 0.6 is 34.4 Å². The summed E-state index contributed by atoms with van der Waals surface area (Å²) < 4.78 is 6.61. The number of thioether (sulfide) groups is 1. The van der Waals surface area contributed by atoms with Gasteiger partial charge >= 0.3 is 0 Å². The van der Waals surface area contributed by atoms with Gasteiger partial charge in [-0.05, 0) is 55.8 Å². The second-order valence-corrected chi connectivity index (χ2v) is 10.6. The van der Waals surface area contributed by atoms with E-state index in [1.807, 2.05) is 68.4 Å². The molecule has 0 aliphatic rings. The second-order valence-electron chi connectivity index (χ2n) is 7.20. The quantitative estimate of drug-likeness (QED) is 0.258. The average Bonchev–Trinajstić information content (AvgIpc) is 3.38. The van der Waals surface area contributed by atoms with Gasteiger partial charge in [-0.25, -0.2) is 4.98 Å². The molecule has 166 valence electrons. The van der Waals surface area contributed by atoms with Crippen LogP contribution in [-0.2, 0) is 5.75 Å². The minimum atomic E-state index is -0.0863. The van der Waals surface area contributed by atoms with Gasteiger partial charge in [0.25, 0.3) is 5.56 Å². The van der Waals surface area contributed by atoms with Gasteiger partial charge in [-0.1, -0.05) is 41.3 Å². The van der Waals surface area contributed by atoms with Gasteiger partial charge in [-0.2, -0.15) is 0 Å². The number of aromatic nitrogens is 4. The molecule has 0 unspecified atom stereocenters. The minimum Gasteiger partial charge on any atom is -0.457 e. The van der Waals surface area contributed by atoms with Crippen molar-refractivity contribution in [2.75, 3.05) is 5.32 Å². The number of rotatable bonds is 7. The average molecular weight is 494 g/mol. The van der Waals surface area contributed by atoms with Crippen LogP contribution in [0.5, 0.6) is 11.5 Å². The van der Waals surface area contributed by atoms with Gasteiger partial charge in [-0.3, -0.25) is 4.79 Å². The summed E-state index contributed by atoms with van der Waals surface area (Å²) >= 11 is 4.49. The third-order valence-corrected chi connectivity index (χ3v) is 8.00. The molecule has 3 heterocycles. The number of hydrogen-bond acceptors (Lipinski definition) is 9. The van der Waals surface area contributed by atoms with Crippen molar-refractivity contribution in [3.05, 3.63) is 81.2 Å². The fourth-order valence-electron chi connectivity index (χ4n) is 3.17. The Balaban J connectivity index is 1.21. The monoisotopic (exact) mass is 493 g/mol. The number of thiophene rings is 1. The molecular weight excluding hydrogens is 474 g/mol. The summed E-state index contributed by atoms with van der Waals surface area (Å²) in [4.78, 5) is 21.8. The lowest BCUT2D eigenvalue weighted by Crippen LogP contribution is -2.10. The number of ether oxygens (including phenoxy) is 1. The second kappa shape index (κ2) is 9.34. The van der Waals surface area contributed by atoms with Crippen LogP contribution in [0.3, 0.4) is 0 Å². The van der Waals surface area contributed by atoms with Crippen LogP contribution in [0.4, 0.5) is 10.8 Å². The Bertz CT molecular complexity index is 1460. The van der Waals surface area contributed by atoms with Crippen LogP contribution in [0.2, 0.25) is 0 Å². The predicted molar refractivity (Wildman–Crippen MR) is 135 cm³/mol. The Hall–Kier alpha value is -3.21. The summed E-state index contributed by atoms with van der Waals surface area (Å²) in [6, 6.07) is 17.3. The molecule has 0 saturated carbocycles. The molecule has 0 saturated heterocycles. The highest BCUT2D eigenvalue weighted by Crippen LogP contribution is 2.31. The standard InChI is InChI=1S/C23H19N5O2S3/c1-13-14(2)32-21-19(13)20(29)25-18(26-21)12-31-23-28-27-22(33-23)24-15-8-10-17(11-9-15)30-16-6-4-3-5-7-16/h3-11H,12H2,1-2H3,(H,24,27)(H,25,26,29). The van der Waals surface area contributed by atoms with Crippen molar-refractivity contribution in [1.82, 2.24) is 20.2 Å². The summed E-state index contributed by atoms with van der Waals surface area (Å²) in [7, 11) is 0. The van der Waals surface area contributed by atoms with Crippen LogP contribution < -0.4 is 15.6 Å². The van der Waals surface area contributed by atoms with Crippen molar-refractivity contribution >= 4 is 55.5 Å². The molecule has 2 N–H and O–H groups in total. The van der Waals surface area contributed by atoms with E-state index >= 15 is 0 Å². The first-order chi connectivity index (χ1) is 16.0. The number of para-hydroxylation sites is 1. The molecule has 0 amide bonds. The van der Waals surface area contributed by atoms with Gasteiger partial charge < -0.3 is 15.0 Å². The maximum atomic E-state index is 12.4. The summed E-state index contributed by atoms with van der Waals surface area (Å²) in [5.74, 6) is 2.71. The number of aromatic amines is 1. The van der Waals surface area contributed by atoms with Crippen molar-refractivity contribution in [2.45, 2.75) is 23.9 Å². The van der Waals surface area contributed by atoms with Crippen LogP contribution in [0.15, 0.2) is 63.7 Å². The normalized spacial score (nSPS) is 11.1. The molecule has 5 aromatic rings. The third kappa shape index (κ3) is 4.92. The van der Waals surface area contributed by atoms with Gasteiger partial charge in [0.05, 0.1) is 11.1 Å². The molecule has 0 radical (unpaired) electrons. The van der Waals surface area contributed by atoms with E-state index in [1.54, 1.807) is 11.3 Å². The third-order valence-electron chi connectivity index (χ3n) is 4.91. The van der Waals surface area contributed by atoms with Crippen LogP contribution in [0, 0.1) is 13.8 Å². The smallest absolute Gasteiger partial charge is 0.259 e. The van der Waals surface area contributed by atoms with Crippen molar-refractivity contribution in [2.24, 2.45) is 0 Å². The number of aryl methyl sites for hydroxylation is 2. The Morgan fingerprint density at radius 3 is 2.55 bits per heavy atom. The van der Waals surface area contributed by atoms with E-state index in [-0.39, 0.29) is 5.56 Å². The van der Waals surface area contributed by atoms with E-state index in [2.05, 4.69) is 25.5 Å². The van der Waals surface area contributed by atoms with Crippen LogP contribution in [0.1, 0.15) is 16.3 Å². The van der Waals surface area contributed by atoms with Crippen LogP contribution in [-0.4, -0.2) is 20.2 Å². The first-order valence-electron chi connectivity index (χ1n) is 10.1. The highest BCUT2D eigenvalue weighted by molar-refractivity contribution is 8.00. The van der Waals surface area contributed by atoms with E-state index in [9.17, 15) is 4.79 Å². The van der Waals surface area contributed by atoms with Gasteiger partial charge in [0.2, 0.25) is 5.13 Å². The van der Waals surface area contributed by atoms with E-state index in [0.29, 0.717) is 22.1 Å². The number of benzene rings is 2. The molecule has 5 rings (SSSR count). The Morgan fingerprint density at radius 2 is 1.76 bits per heavy atom. The number of fused-ring (bicyclic) bond motifs is 1. The lowest BCUT2D eigenvalue weighted by molar-refractivity contribution is 0.483. The van der Waals surface area contributed by atoms with Gasteiger partial charge in [0.1, 0.15) is 22.2 Å². The Morgan fingerprint density at radius 1 is 1.00 bits per heavy atom. The lowest BCUT2D eigenvalue weighted by Gasteiger charge is -2.06. The zero-order chi connectivity index (χ0) is 22.8. The summed E-state index contributed by atoms with van der Waals surface area (Å²) in [6.07, 6.45) is 0. The van der Waals surface area contributed by atoms with Crippen molar-refractivity contribution < 1.29 is 4.74 Å². The zero-order valence-electron chi connectivity index (χ0n) is 17.8. The molecule has 0 aliphatic carbocycles. The molecule has 3 aromatic heterocycles. The van der Waals surface area contributed by atoms with Crippen LogP contribution in [0.25, 0.3) is 10.2 Å². The number of nitrogens with one attached hydrogen (secondary N) is 2. The first-order valence-corrected chi connectivity index (χ1v) is 12.7. The molecule has 10 heteroatoms. The molecule has 0 spiro atoms. The van der Waals surface area contributed by atoms with E-state index in [1.165, 1.54) is 23.1 Å². The molecule has 0 fully saturated rings. The highest BCUT2D eigenvalue weighted by Gasteiger charge is 2.13. The number of hydrogen-bond donors (Lipinski definition) is 2. The lowest BCUT2D eigenvalue weighted by atomic mass is 10.2. The van der Waals surface area contributed by atoms with Crippen molar-refractivity contribution in [3.63, 3.8) is 0 Å². The fraction of sp³-hybridized carbons (Fsp3) is 0.130. The summed E-state index contributed by atoms with van der Waals surface area (Å²) in [6.45, 7) is 3.97. The molecular formula is C23H19N5O2S3. The topological polar surface area (TPSA) is 92.8 Å². The highest BCUT2D eigenvalue weighted by atomic mass is 32.2. The summed E-state index contributed by atoms with van der Waals surface area (Å²) in [5, 5.41) is 13.1. The number of nitrogens with zero attached hydrogens (tertiary/aromatic N) is 3. The van der Waals surface area contributed by atoms with Crippen molar-refractivity contribution in [1.29, 1.82) is 0 Å². The maximum absolute atomic E-state index is 12.4. The van der Waals surface area contributed by atoms with Gasteiger partial charge in [0.15, 0.2) is 4.34 Å². The fourth-order valence-corrected chi connectivity index (χ4v) is 5.86. The molecule has 7 nitrogen and oxygen atoms in total. The maximum Gasteiger partial charge on any atom is 0.259 e. The first kappa shape index (κ1) is 21.6. The predicted octanol–water partition coefficient (Wildman–Crippen LogP) is 6.28. The molecule has 0 aliphatic heterocycles. The van der Waals surface area contributed by atoms with E-state index < -0.39 is 0 Å². The molecule has 0 bridgehead atoms. The SMILES string of the molecule is Cc1sc2nc(CSc3nnc(Nc4ccc(Oc5ccccc5)cc4)s3)[nH]c(=O)c2c1C. The number of H-pyrrole nitrogens is 1. The van der Waals surface area contributed by atoms with E-state index in [4.69, 9.17) is 4.74 Å². The molecule has 2 aromatic carbocycles. The zero-order valence-corrected chi connectivity index (χ0v) is 20.2. The molecule has 33 heavy (non-hydrogen) atoms. The minimum absolute atomic E-state index is 0.0863. The molecule has 0 atom stereocenters. The van der Waals surface area contributed by atoms with Gasteiger partial charge in [0, 0.05) is 10.6 Å². The Kier molecular flexibility index (Phi) is 6.12.